The van der Waals surface area contributed by atoms with E-state index >= 15 is 0 Å². The van der Waals surface area contributed by atoms with Crippen molar-refractivity contribution in [3.8, 4) is 0 Å². The fraction of sp³-hybridized carbons (Fsp3) is 0.455. The van der Waals surface area contributed by atoms with Gasteiger partial charge < -0.3 is 15.7 Å². The molecule has 0 bridgehead atoms. The first-order chi connectivity index (χ1) is 7.21. The summed E-state index contributed by atoms with van der Waals surface area (Å²) in [4.78, 5) is 0. The summed E-state index contributed by atoms with van der Waals surface area (Å²) in [7, 11) is 0. The molecule has 0 aliphatic carbocycles. The molecule has 0 aromatic heterocycles. The van der Waals surface area contributed by atoms with Crippen molar-refractivity contribution < 1.29 is 5.11 Å². The van der Waals surface area contributed by atoms with E-state index < -0.39 is 6.10 Å². The van der Waals surface area contributed by atoms with E-state index in [0.717, 1.165) is 30.8 Å². The fourth-order valence-electron chi connectivity index (χ4n) is 2.56. The molecule has 4 heteroatoms. The lowest BCUT2D eigenvalue weighted by Crippen LogP contribution is -2.41. The maximum atomic E-state index is 10.3. The minimum atomic E-state index is -0.431. The first-order valence-corrected chi connectivity index (χ1v) is 5.55. The van der Waals surface area contributed by atoms with Crippen molar-refractivity contribution >= 4 is 17.3 Å². The molecule has 1 aromatic rings. The molecule has 1 saturated heterocycles. The zero-order valence-electron chi connectivity index (χ0n) is 8.26. The van der Waals surface area contributed by atoms with Crippen LogP contribution in [0.5, 0.6) is 0 Å². The molecule has 0 amide bonds. The monoisotopic (exact) mass is 224 g/mol. The Morgan fingerprint density at radius 2 is 2.33 bits per heavy atom. The molecular weight excluding hydrogens is 212 g/mol. The van der Waals surface area contributed by atoms with Gasteiger partial charge in [0.25, 0.3) is 0 Å². The van der Waals surface area contributed by atoms with Crippen molar-refractivity contribution in [2.75, 3.05) is 18.4 Å². The summed E-state index contributed by atoms with van der Waals surface area (Å²) in [6.07, 6.45) is 0.514. The van der Waals surface area contributed by atoms with Gasteiger partial charge in [0, 0.05) is 22.8 Å². The molecule has 3 nitrogen and oxygen atoms in total. The van der Waals surface area contributed by atoms with Gasteiger partial charge >= 0.3 is 0 Å². The number of rotatable bonds is 0. The van der Waals surface area contributed by atoms with Gasteiger partial charge in [-0.05, 0) is 25.1 Å². The molecule has 3 rings (SSSR count). The first-order valence-electron chi connectivity index (χ1n) is 5.18. The molecule has 2 heterocycles. The molecular formula is C11H13ClN2O. The van der Waals surface area contributed by atoms with Crippen molar-refractivity contribution in [1.82, 2.24) is 5.32 Å². The Morgan fingerprint density at radius 3 is 3.07 bits per heavy atom. The van der Waals surface area contributed by atoms with E-state index in [-0.39, 0.29) is 5.54 Å². The maximum Gasteiger partial charge on any atom is 0.105 e. The van der Waals surface area contributed by atoms with E-state index in [1.165, 1.54) is 0 Å². The second kappa shape index (κ2) is 3.11. The minimum Gasteiger partial charge on any atom is -0.386 e. The molecule has 2 atom stereocenters. The summed E-state index contributed by atoms with van der Waals surface area (Å²) in [5.41, 5.74) is 1.72. The highest BCUT2D eigenvalue weighted by atomic mass is 35.5. The van der Waals surface area contributed by atoms with Gasteiger partial charge in [-0.3, -0.25) is 0 Å². The van der Waals surface area contributed by atoms with Crippen molar-refractivity contribution in [3.05, 3.63) is 28.8 Å². The van der Waals surface area contributed by atoms with Gasteiger partial charge in [0.1, 0.15) is 6.10 Å². The van der Waals surface area contributed by atoms with E-state index in [0.29, 0.717) is 5.02 Å². The Kier molecular flexibility index (Phi) is 1.96. The van der Waals surface area contributed by atoms with Crippen LogP contribution in [0.1, 0.15) is 18.1 Å². The Morgan fingerprint density at radius 1 is 1.47 bits per heavy atom. The lowest BCUT2D eigenvalue weighted by molar-refractivity contribution is 0.118. The molecule has 3 N–H and O–H groups in total. The van der Waals surface area contributed by atoms with E-state index in [1.807, 2.05) is 18.2 Å². The minimum absolute atomic E-state index is 0.215. The highest BCUT2D eigenvalue weighted by Gasteiger charge is 2.46. The van der Waals surface area contributed by atoms with E-state index in [4.69, 9.17) is 11.6 Å². The van der Waals surface area contributed by atoms with Crippen molar-refractivity contribution in [2.24, 2.45) is 0 Å². The second-order valence-electron chi connectivity index (χ2n) is 4.34. The van der Waals surface area contributed by atoms with Crippen LogP contribution >= 0.6 is 11.6 Å². The third kappa shape index (κ3) is 1.27. The predicted octanol–water partition coefficient (Wildman–Crippen LogP) is 1.53. The third-order valence-electron chi connectivity index (χ3n) is 3.41. The summed E-state index contributed by atoms with van der Waals surface area (Å²) >= 11 is 5.93. The zero-order chi connectivity index (χ0) is 10.5. The average Bonchev–Trinajstić information content (AvgIpc) is 2.76. The van der Waals surface area contributed by atoms with Gasteiger partial charge in [0.2, 0.25) is 0 Å². The molecule has 2 aliphatic rings. The molecule has 2 unspecified atom stereocenters. The first kappa shape index (κ1) is 9.46. The van der Waals surface area contributed by atoms with Gasteiger partial charge in [-0.15, -0.1) is 0 Å². The zero-order valence-corrected chi connectivity index (χ0v) is 9.01. The number of halogens is 1. The quantitative estimate of drug-likeness (QED) is 0.626. The topological polar surface area (TPSA) is 44.3 Å². The van der Waals surface area contributed by atoms with Crippen LogP contribution in [0.2, 0.25) is 5.02 Å². The molecule has 80 valence electrons. The van der Waals surface area contributed by atoms with Gasteiger partial charge in [-0.1, -0.05) is 17.7 Å². The number of anilines is 1. The van der Waals surface area contributed by atoms with Crippen LogP contribution in [0.3, 0.4) is 0 Å². The van der Waals surface area contributed by atoms with Crippen molar-refractivity contribution in [2.45, 2.75) is 18.1 Å². The lowest BCUT2D eigenvalue weighted by atomic mass is 9.91. The Balaban J connectivity index is 2.04. The molecule has 1 spiro atoms. The highest BCUT2D eigenvalue weighted by Crippen LogP contribution is 2.44. The van der Waals surface area contributed by atoms with Gasteiger partial charge in [-0.25, -0.2) is 0 Å². The standard InChI is InChI=1S/C11H13ClN2O/c12-7-1-2-8-9(5-7)14-11(10(8)15)3-4-13-6-11/h1-2,5,10,13-15H,3-4,6H2. The number of fused-ring (bicyclic) bond motifs is 1. The molecule has 2 aliphatic heterocycles. The molecule has 0 radical (unpaired) electrons. The largest absolute Gasteiger partial charge is 0.386 e. The van der Waals surface area contributed by atoms with E-state index in [9.17, 15) is 5.11 Å². The van der Waals surface area contributed by atoms with Crippen LogP contribution in [-0.4, -0.2) is 23.7 Å². The fourth-order valence-corrected chi connectivity index (χ4v) is 2.73. The number of hydrogen-bond acceptors (Lipinski definition) is 3. The van der Waals surface area contributed by atoms with E-state index in [2.05, 4.69) is 10.6 Å². The number of benzene rings is 1. The predicted molar refractivity (Wildman–Crippen MR) is 60.3 cm³/mol. The van der Waals surface area contributed by atoms with Gasteiger partial charge in [0.15, 0.2) is 0 Å². The van der Waals surface area contributed by atoms with Crippen molar-refractivity contribution in [3.63, 3.8) is 0 Å². The van der Waals surface area contributed by atoms with E-state index in [1.54, 1.807) is 0 Å². The van der Waals surface area contributed by atoms with Crippen LogP contribution in [-0.2, 0) is 0 Å². The molecule has 1 fully saturated rings. The highest BCUT2D eigenvalue weighted by molar-refractivity contribution is 6.30. The summed E-state index contributed by atoms with van der Waals surface area (Å²) in [6, 6.07) is 5.61. The molecule has 15 heavy (non-hydrogen) atoms. The van der Waals surface area contributed by atoms with Crippen LogP contribution in [0, 0.1) is 0 Å². The molecule has 1 aromatic carbocycles. The van der Waals surface area contributed by atoms with Crippen LogP contribution in [0.4, 0.5) is 5.69 Å². The summed E-state index contributed by atoms with van der Waals surface area (Å²) in [6.45, 7) is 1.76. The Hall–Kier alpha value is -0.770. The van der Waals surface area contributed by atoms with Crippen molar-refractivity contribution in [1.29, 1.82) is 0 Å². The van der Waals surface area contributed by atoms with Crippen LogP contribution in [0.25, 0.3) is 0 Å². The maximum absolute atomic E-state index is 10.3. The average molecular weight is 225 g/mol. The number of aliphatic hydroxyl groups excluding tert-OH is 1. The number of aliphatic hydroxyl groups is 1. The Bertz CT molecular complexity index is 402. The Labute approximate surface area is 93.4 Å². The SMILES string of the molecule is OC1c2ccc(Cl)cc2NC12CCNC2. The molecule has 0 saturated carbocycles. The smallest absolute Gasteiger partial charge is 0.105 e. The van der Waals surface area contributed by atoms with Crippen LogP contribution in [0.15, 0.2) is 18.2 Å². The lowest BCUT2D eigenvalue weighted by Gasteiger charge is -2.27. The van der Waals surface area contributed by atoms with Gasteiger partial charge in [-0.2, -0.15) is 0 Å². The summed E-state index contributed by atoms with van der Waals surface area (Å²) in [5, 5.41) is 17.7. The number of hydrogen-bond donors (Lipinski definition) is 3. The third-order valence-corrected chi connectivity index (χ3v) is 3.64. The van der Waals surface area contributed by atoms with Crippen LogP contribution < -0.4 is 10.6 Å². The normalized spacial score (nSPS) is 33.1. The number of nitrogens with one attached hydrogen (secondary N) is 2. The summed E-state index contributed by atoms with van der Waals surface area (Å²) < 4.78 is 0. The second-order valence-corrected chi connectivity index (χ2v) is 4.78. The van der Waals surface area contributed by atoms with Gasteiger partial charge in [0.05, 0.1) is 5.54 Å². The summed E-state index contributed by atoms with van der Waals surface area (Å²) in [5.74, 6) is 0.